The van der Waals surface area contributed by atoms with E-state index in [0.29, 0.717) is 12.0 Å². The fourth-order valence-corrected chi connectivity index (χ4v) is 4.68. The molecule has 21 heavy (non-hydrogen) atoms. The fourth-order valence-electron chi connectivity index (χ4n) is 3.60. The van der Waals surface area contributed by atoms with Gasteiger partial charge < -0.3 is 5.73 Å². The molecular formula is C18H32N2S. The van der Waals surface area contributed by atoms with Crippen molar-refractivity contribution in [2.75, 3.05) is 6.54 Å². The van der Waals surface area contributed by atoms with E-state index in [1.807, 2.05) is 11.3 Å². The van der Waals surface area contributed by atoms with Gasteiger partial charge in [0.25, 0.3) is 0 Å². The number of hydrogen-bond donors (Lipinski definition) is 1. The number of hydrogen-bond acceptors (Lipinski definition) is 3. The van der Waals surface area contributed by atoms with Gasteiger partial charge in [-0.2, -0.15) is 0 Å². The summed E-state index contributed by atoms with van der Waals surface area (Å²) in [5, 5.41) is 0. The van der Waals surface area contributed by atoms with Crippen LogP contribution in [0.5, 0.6) is 0 Å². The molecule has 120 valence electrons. The Bertz CT molecular complexity index is 421. The lowest BCUT2D eigenvalue weighted by Gasteiger charge is -2.40. The van der Waals surface area contributed by atoms with Crippen LogP contribution in [0.15, 0.2) is 12.1 Å². The molecular weight excluding hydrogens is 276 g/mol. The Labute approximate surface area is 134 Å². The van der Waals surface area contributed by atoms with Gasteiger partial charge in [0, 0.05) is 28.4 Å². The maximum atomic E-state index is 6.57. The van der Waals surface area contributed by atoms with Gasteiger partial charge in [0.15, 0.2) is 0 Å². The lowest BCUT2D eigenvalue weighted by Crippen LogP contribution is -2.46. The summed E-state index contributed by atoms with van der Waals surface area (Å²) in [6, 6.07) is 5.93. The third kappa shape index (κ3) is 4.30. The van der Waals surface area contributed by atoms with Crippen LogP contribution in [-0.2, 0) is 0 Å². The van der Waals surface area contributed by atoms with E-state index in [-0.39, 0.29) is 6.04 Å². The molecule has 1 heterocycles. The molecule has 1 aromatic rings. The zero-order valence-corrected chi connectivity index (χ0v) is 15.0. The Balaban J connectivity index is 2.29. The van der Waals surface area contributed by atoms with Crippen molar-refractivity contribution >= 4 is 11.3 Å². The molecule has 2 rings (SSSR count). The van der Waals surface area contributed by atoms with Crippen LogP contribution in [0, 0.1) is 12.8 Å². The number of aryl methyl sites for hydroxylation is 1. The van der Waals surface area contributed by atoms with Gasteiger partial charge in [0.05, 0.1) is 6.04 Å². The monoisotopic (exact) mass is 308 g/mol. The molecule has 1 fully saturated rings. The van der Waals surface area contributed by atoms with Crippen LogP contribution < -0.4 is 5.73 Å². The predicted molar refractivity (Wildman–Crippen MR) is 93.9 cm³/mol. The van der Waals surface area contributed by atoms with Gasteiger partial charge in [-0.05, 0) is 44.2 Å². The van der Waals surface area contributed by atoms with Crippen LogP contribution >= 0.6 is 11.3 Å². The highest BCUT2D eigenvalue weighted by Crippen LogP contribution is 2.36. The Morgan fingerprint density at radius 2 is 1.95 bits per heavy atom. The lowest BCUT2D eigenvalue weighted by molar-refractivity contribution is 0.101. The molecule has 1 saturated carbocycles. The Kier molecular flexibility index (Phi) is 6.27. The van der Waals surface area contributed by atoms with E-state index in [4.69, 9.17) is 5.73 Å². The number of nitrogens with two attached hydrogens (primary N) is 1. The van der Waals surface area contributed by atoms with E-state index in [1.54, 1.807) is 0 Å². The minimum Gasteiger partial charge on any atom is -0.326 e. The van der Waals surface area contributed by atoms with Crippen molar-refractivity contribution in [3.05, 3.63) is 21.9 Å². The highest BCUT2D eigenvalue weighted by Gasteiger charge is 2.33. The maximum absolute atomic E-state index is 6.57. The van der Waals surface area contributed by atoms with Crippen LogP contribution in [0.3, 0.4) is 0 Å². The van der Waals surface area contributed by atoms with Gasteiger partial charge in [-0.3, -0.25) is 4.90 Å². The fraction of sp³-hybridized carbons (Fsp3) is 0.778. The highest BCUT2D eigenvalue weighted by atomic mass is 32.1. The molecule has 1 aliphatic rings. The van der Waals surface area contributed by atoms with Crippen LogP contribution in [0.1, 0.15) is 68.7 Å². The summed E-state index contributed by atoms with van der Waals surface area (Å²) in [5.41, 5.74) is 6.57. The third-order valence-electron chi connectivity index (χ3n) is 4.66. The molecule has 0 aromatic carbocycles. The van der Waals surface area contributed by atoms with Gasteiger partial charge >= 0.3 is 0 Å². The van der Waals surface area contributed by atoms with Crippen molar-refractivity contribution in [2.45, 2.75) is 77.9 Å². The maximum Gasteiger partial charge on any atom is 0.0595 e. The molecule has 3 heteroatoms. The van der Waals surface area contributed by atoms with Gasteiger partial charge in [0.2, 0.25) is 0 Å². The summed E-state index contributed by atoms with van der Waals surface area (Å²) < 4.78 is 0. The molecule has 0 saturated heterocycles. The van der Waals surface area contributed by atoms with Crippen molar-refractivity contribution < 1.29 is 0 Å². The van der Waals surface area contributed by atoms with Crippen molar-refractivity contribution in [1.82, 2.24) is 4.90 Å². The lowest BCUT2D eigenvalue weighted by atomic mass is 9.98. The van der Waals surface area contributed by atoms with Gasteiger partial charge in [-0.15, -0.1) is 11.3 Å². The normalized spacial score (nSPS) is 19.6. The van der Waals surface area contributed by atoms with Crippen molar-refractivity contribution in [3.8, 4) is 0 Å². The average molecular weight is 309 g/mol. The SMILES string of the molecule is CCC(N)C(c1ccc(C)s1)N(CC(C)C)C1CCCC1. The molecule has 0 bridgehead atoms. The Hall–Kier alpha value is -0.380. The second-order valence-corrected chi connectivity index (χ2v) is 8.31. The quantitative estimate of drug-likeness (QED) is 0.788. The molecule has 2 N–H and O–H groups in total. The molecule has 1 aliphatic carbocycles. The molecule has 0 spiro atoms. The molecule has 0 radical (unpaired) electrons. The number of rotatable bonds is 7. The first kappa shape index (κ1) is 17.0. The second kappa shape index (κ2) is 7.75. The molecule has 1 aromatic heterocycles. The van der Waals surface area contributed by atoms with Gasteiger partial charge in [0.1, 0.15) is 0 Å². The number of nitrogens with zero attached hydrogens (tertiary/aromatic N) is 1. The summed E-state index contributed by atoms with van der Waals surface area (Å²) in [6.45, 7) is 10.2. The summed E-state index contributed by atoms with van der Waals surface area (Å²) in [5.74, 6) is 0.693. The Morgan fingerprint density at radius 3 is 2.43 bits per heavy atom. The summed E-state index contributed by atoms with van der Waals surface area (Å²) in [4.78, 5) is 5.61. The van der Waals surface area contributed by atoms with Crippen LogP contribution in [0.25, 0.3) is 0 Å². The average Bonchev–Trinajstić information content (AvgIpc) is 3.09. The van der Waals surface area contributed by atoms with Crippen LogP contribution in [0.4, 0.5) is 0 Å². The first-order valence-electron chi connectivity index (χ1n) is 8.60. The van der Waals surface area contributed by atoms with E-state index in [1.165, 1.54) is 42.0 Å². The van der Waals surface area contributed by atoms with E-state index < -0.39 is 0 Å². The zero-order chi connectivity index (χ0) is 15.4. The summed E-state index contributed by atoms with van der Waals surface area (Å²) in [7, 11) is 0. The molecule has 0 amide bonds. The topological polar surface area (TPSA) is 29.3 Å². The van der Waals surface area contributed by atoms with Crippen LogP contribution in [0.2, 0.25) is 0 Å². The summed E-state index contributed by atoms with van der Waals surface area (Å²) in [6.07, 6.45) is 6.52. The Morgan fingerprint density at radius 1 is 1.29 bits per heavy atom. The molecule has 0 aliphatic heterocycles. The van der Waals surface area contributed by atoms with E-state index >= 15 is 0 Å². The first-order chi connectivity index (χ1) is 10.0. The minimum absolute atomic E-state index is 0.238. The predicted octanol–water partition coefficient (Wildman–Crippen LogP) is 4.74. The van der Waals surface area contributed by atoms with E-state index in [0.717, 1.165) is 12.5 Å². The molecule has 2 nitrogen and oxygen atoms in total. The van der Waals surface area contributed by atoms with E-state index in [9.17, 15) is 0 Å². The minimum atomic E-state index is 0.238. The zero-order valence-electron chi connectivity index (χ0n) is 14.1. The number of thiophene rings is 1. The van der Waals surface area contributed by atoms with Gasteiger partial charge in [-0.25, -0.2) is 0 Å². The standard InChI is InChI=1S/C18H32N2S/c1-5-16(19)18(17-11-10-14(4)21-17)20(12-13(2)3)15-8-6-7-9-15/h10-11,13,15-16,18H,5-9,12,19H2,1-4H3. The smallest absolute Gasteiger partial charge is 0.0595 e. The van der Waals surface area contributed by atoms with Gasteiger partial charge in [-0.1, -0.05) is 33.6 Å². The second-order valence-electron chi connectivity index (χ2n) is 6.99. The first-order valence-corrected chi connectivity index (χ1v) is 9.42. The van der Waals surface area contributed by atoms with Crippen LogP contribution in [-0.4, -0.2) is 23.5 Å². The highest BCUT2D eigenvalue weighted by molar-refractivity contribution is 7.12. The summed E-state index contributed by atoms with van der Waals surface area (Å²) >= 11 is 1.93. The molecule has 2 unspecified atom stereocenters. The molecule has 2 atom stereocenters. The van der Waals surface area contributed by atoms with Crippen molar-refractivity contribution in [3.63, 3.8) is 0 Å². The van der Waals surface area contributed by atoms with E-state index in [2.05, 4.69) is 44.7 Å². The van der Waals surface area contributed by atoms with Crippen molar-refractivity contribution in [2.24, 2.45) is 11.7 Å². The third-order valence-corrected chi connectivity index (χ3v) is 5.73. The van der Waals surface area contributed by atoms with Crippen molar-refractivity contribution in [1.29, 1.82) is 0 Å². The largest absolute Gasteiger partial charge is 0.326 e.